The molecule has 8 aliphatic carbocycles. The zero-order valence-corrected chi connectivity index (χ0v) is 56.2. The van der Waals surface area contributed by atoms with Gasteiger partial charge in [0.1, 0.15) is 19.6 Å². The molecule has 14 nitrogen and oxygen atoms in total. The Morgan fingerprint density at radius 1 is 0.512 bits per heavy atom. The Bertz CT molecular complexity index is 2800. The molecule has 8 aliphatic rings. The summed E-state index contributed by atoms with van der Waals surface area (Å²) in [5.41, 5.74) is 3.95. The van der Waals surface area contributed by atoms with E-state index in [1.54, 1.807) is 0 Å². The number of nitrogens with zero attached hydrogens (tertiary/aromatic N) is 2. The molecule has 2 aromatic carbocycles. The van der Waals surface area contributed by atoms with Gasteiger partial charge in [0.15, 0.2) is 11.5 Å². The predicted molar refractivity (Wildman–Crippen MR) is 300 cm³/mol. The number of fused-ring (bicyclic) bond motifs is 10. The minimum atomic E-state index is -4.68. The van der Waals surface area contributed by atoms with Gasteiger partial charge in [-0.25, -0.2) is 0 Å². The number of ether oxygens (including phenoxy) is 2. The van der Waals surface area contributed by atoms with Gasteiger partial charge >= 0.3 is 66.7 Å². The maximum atomic E-state index is 13.8. The first-order chi connectivity index (χ1) is 38.0. The Balaban J connectivity index is 0.000000204. The molecule has 8 unspecified atom stereocenters. The molecule has 2 aromatic heterocycles. The SMILES string of the molecule is C[C@@]1(O)CC[C@@]2(C)C(CCC3C2CC[C@@]2(C)C3CC[C@@H]2c2cc(COCP(=O)(OCc3ccccc3)OCc3ccccc3)on2)C1.C[C@@]1(O)CC[C@@]2(C)C(CCC3C2CC[C@@]2(C)C3CC[C@@H]2c2cc(COCP(=O)([O-])[O-])on2)C1.[Na+].[Na+]. The third-order valence-corrected chi connectivity index (χ3v) is 25.3. The monoisotopic (exact) mass is 1190 g/mol. The quantitative estimate of drug-likeness (QED) is 0.0818. The summed E-state index contributed by atoms with van der Waals surface area (Å²) >= 11 is 0. The number of hydrogen-bond acceptors (Lipinski definition) is 14. The molecular formula is C64H90N2Na2O12P2. The van der Waals surface area contributed by atoms with E-state index in [0.29, 0.717) is 57.9 Å². The second-order valence-corrected chi connectivity index (χ2v) is 31.7. The van der Waals surface area contributed by atoms with Crippen molar-refractivity contribution in [1.29, 1.82) is 0 Å². The minimum absolute atomic E-state index is 0. The van der Waals surface area contributed by atoms with Gasteiger partial charge < -0.3 is 52.1 Å². The molecule has 8 fully saturated rings. The van der Waals surface area contributed by atoms with E-state index >= 15 is 0 Å². The van der Waals surface area contributed by atoms with Crippen LogP contribution in [0.3, 0.4) is 0 Å². The van der Waals surface area contributed by atoms with Crippen molar-refractivity contribution in [2.24, 2.45) is 69.0 Å². The zero-order chi connectivity index (χ0) is 56.4. The third kappa shape index (κ3) is 13.7. The summed E-state index contributed by atoms with van der Waals surface area (Å²) in [4.78, 5) is 21.6. The van der Waals surface area contributed by atoms with Crippen LogP contribution in [-0.4, -0.2) is 44.4 Å². The smallest absolute Gasteiger partial charge is 0.809 e. The zero-order valence-electron chi connectivity index (χ0n) is 50.4. The normalized spacial score (nSPS) is 38.4. The van der Waals surface area contributed by atoms with E-state index in [1.165, 1.54) is 64.2 Å². The average molecular weight is 1190 g/mol. The molecule has 8 saturated carbocycles. The van der Waals surface area contributed by atoms with Crippen LogP contribution >= 0.6 is 15.2 Å². The largest absolute Gasteiger partial charge is 1.00 e. The Morgan fingerprint density at radius 2 is 0.915 bits per heavy atom. The van der Waals surface area contributed by atoms with Crippen LogP contribution in [0.2, 0.25) is 0 Å². The molecule has 82 heavy (non-hydrogen) atoms. The first-order valence-corrected chi connectivity index (χ1v) is 33.9. The first-order valence-electron chi connectivity index (χ1n) is 30.5. The van der Waals surface area contributed by atoms with Crippen LogP contribution in [0.5, 0.6) is 0 Å². The van der Waals surface area contributed by atoms with Crippen molar-refractivity contribution in [1.82, 2.24) is 10.3 Å². The van der Waals surface area contributed by atoms with Gasteiger partial charge in [0.05, 0.1) is 42.2 Å². The molecule has 0 aliphatic heterocycles. The Labute approximate surface area is 532 Å². The van der Waals surface area contributed by atoms with Gasteiger partial charge in [-0.15, -0.1) is 0 Å². The van der Waals surface area contributed by atoms with Gasteiger partial charge in [0.2, 0.25) is 0 Å². The van der Waals surface area contributed by atoms with Crippen molar-refractivity contribution < 1.29 is 116 Å². The van der Waals surface area contributed by atoms with Crippen molar-refractivity contribution >= 4 is 15.2 Å². The second-order valence-electron chi connectivity index (χ2n) is 28.2. The van der Waals surface area contributed by atoms with Crippen LogP contribution in [0.4, 0.5) is 0 Å². The van der Waals surface area contributed by atoms with Gasteiger partial charge in [0.25, 0.3) is 0 Å². The molecule has 2 heterocycles. The molecule has 0 amide bonds. The number of benzene rings is 2. The molecule has 18 heteroatoms. The van der Waals surface area contributed by atoms with Crippen molar-refractivity contribution in [3.8, 4) is 0 Å². The Kier molecular flexibility index (Phi) is 20.6. The predicted octanol–water partition coefficient (Wildman–Crippen LogP) is 7.60. The maximum Gasteiger partial charge on any atom is 1.00 e. The average Bonchev–Trinajstić information content (AvgIpc) is 2.75. The van der Waals surface area contributed by atoms with Crippen LogP contribution < -0.4 is 68.9 Å². The fourth-order valence-electron chi connectivity index (χ4n) is 19.1. The van der Waals surface area contributed by atoms with E-state index in [0.717, 1.165) is 97.6 Å². The van der Waals surface area contributed by atoms with Crippen molar-refractivity contribution in [2.45, 2.75) is 207 Å². The fraction of sp³-hybridized carbons (Fsp3) is 0.719. The molecule has 0 bridgehead atoms. The third-order valence-electron chi connectivity index (χ3n) is 23.3. The van der Waals surface area contributed by atoms with Gasteiger partial charge in [0, 0.05) is 24.0 Å². The van der Waals surface area contributed by atoms with Crippen molar-refractivity contribution in [2.75, 3.05) is 12.7 Å². The summed E-state index contributed by atoms with van der Waals surface area (Å²) in [6.07, 6.45) is 19.8. The van der Waals surface area contributed by atoms with E-state index in [-0.39, 0.29) is 103 Å². The first kappa shape index (κ1) is 65.4. The maximum absolute atomic E-state index is 13.8. The van der Waals surface area contributed by atoms with E-state index in [2.05, 4.69) is 44.1 Å². The molecule has 440 valence electrons. The Hall–Kier alpha value is -1.00. The van der Waals surface area contributed by atoms with Crippen LogP contribution in [0, 0.1) is 69.0 Å². The van der Waals surface area contributed by atoms with Crippen molar-refractivity contribution in [3.05, 3.63) is 107 Å². The second kappa shape index (κ2) is 25.8. The van der Waals surface area contributed by atoms with Gasteiger partial charge in [-0.1, -0.05) is 98.7 Å². The van der Waals surface area contributed by atoms with Gasteiger partial charge in [-0.05, 0) is 217 Å². The number of hydrogen-bond donors (Lipinski definition) is 2. The number of rotatable bonds is 16. The van der Waals surface area contributed by atoms with Crippen LogP contribution in [0.1, 0.15) is 203 Å². The van der Waals surface area contributed by atoms with Crippen LogP contribution in [0.25, 0.3) is 0 Å². The molecule has 16 atom stereocenters. The fourth-order valence-corrected chi connectivity index (χ4v) is 20.6. The standard InChI is InChI=1S/C39H52NO6P.C25H40NO6P.2Na/c1-37(41)20-21-38(2)30(23-37)14-15-32-33-16-17-35(39(33,3)19-18-34(32)38)36-22-31(46-40-36)26-43-27-47(42,44-24-28-10-6-4-7-11-28)45-25-29-12-8-5-9-13-29;1-23(27)10-11-24(2)16(13-23)4-5-18-19-6-7-21(25(19,3)9-8-20(18)24)22-12-17(32-26-22)14-31-15-33(28,29)30;;/h4-13,22,30,32-35,41H,14-21,23-27H2,1-3H3;12,16,18-21,27H,4-11,13-15H2,1-3H3,(H2,28,29,30);;/q;;2*+1/p-2/t30?,32?,33?,34?,35-,37-,38+,39+;16?,18?,19?,20?,21-,23-,24+,25+;;/m11../s1. The number of aliphatic hydroxyl groups is 2. The number of aromatic nitrogens is 2. The summed E-state index contributed by atoms with van der Waals surface area (Å²) in [5.74, 6) is 7.52. The molecule has 4 aromatic rings. The molecule has 0 saturated heterocycles. The minimum Gasteiger partial charge on any atom is -0.809 e. The topological polar surface area (TPSA) is 210 Å². The molecule has 12 rings (SSSR count). The Morgan fingerprint density at radius 3 is 1.33 bits per heavy atom. The van der Waals surface area contributed by atoms with E-state index in [1.807, 2.05) is 80.6 Å². The summed E-state index contributed by atoms with van der Waals surface area (Å²) in [5, 5.41) is 30.5. The molecule has 2 N–H and O–H groups in total. The summed E-state index contributed by atoms with van der Waals surface area (Å²) < 4.78 is 58.5. The molecule has 0 radical (unpaired) electrons. The van der Waals surface area contributed by atoms with E-state index in [9.17, 15) is 29.1 Å². The summed E-state index contributed by atoms with van der Waals surface area (Å²) in [7, 11) is -8.25. The summed E-state index contributed by atoms with van der Waals surface area (Å²) in [6, 6.07) is 23.3. The molecular weight excluding hydrogens is 1100 g/mol. The molecule has 0 spiro atoms. The van der Waals surface area contributed by atoms with Crippen molar-refractivity contribution in [3.63, 3.8) is 0 Å². The van der Waals surface area contributed by atoms with E-state index < -0.39 is 32.7 Å². The van der Waals surface area contributed by atoms with Gasteiger partial charge in [-0.3, -0.25) is 4.57 Å². The summed E-state index contributed by atoms with van der Waals surface area (Å²) in [6.45, 7) is 14.6. The van der Waals surface area contributed by atoms with Crippen LogP contribution in [-0.2, 0) is 54.1 Å². The van der Waals surface area contributed by atoms with E-state index in [4.69, 9.17) is 27.6 Å². The van der Waals surface area contributed by atoms with Gasteiger partial charge in [-0.2, -0.15) is 0 Å². The van der Waals surface area contributed by atoms with Crippen LogP contribution in [0.15, 0.2) is 81.8 Å².